The summed E-state index contributed by atoms with van der Waals surface area (Å²) in [4.78, 5) is 21.5. The van der Waals surface area contributed by atoms with Crippen LogP contribution in [0.1, 0.15) is 16.1 Å². The van der Waals surface area contributed by atoms with Gasteiger partial charge in [0.1, 0.15) is 5.69 Å². The van der Waals surface area contributed by atoms with Crippen LogP contribution in [0.2, 0.25) is 0 Å². The number of nitrogens with zero attached hydrogens (tertiary/aromatic N) is 2. The van der Waals surface area contributed by atoms with Crippen LogP contribution in [0.3, 0.4) is 0 Å². The van der Waals surface area contributed by atoms with Crippen LogP contribution in [0.4, 0.5) is 5.13 Å². The van der Waals surface area contributed by atoms with Crippen molar-refractivity contribution in [2.45, 2.75) is 6.42 Å². The minimum Gasteiger partial charge on any atom is -0.493 e. The van der Waals surface area contributed by atoms with Gasteiger partial charge in [-0.05, 0) is 41.8 Å². The van der Waals surface area contributed by atoms with E-state index >= 15 is 0 Å². The summed E-state index contributed by atoms with van der Waals surface area (Å²) in [7, 11) is 3.19. The number of hydrogen-bond acceptors (Lipinski definition) is 7. The van der Waals surface area contributed by atoms with Crippen LogP contribution >= 0.6 is 11.3 Å². The van der Waals surface area contributed by atoms with Crippen molar-refractivity contribution >= 4 is 22.4 Å². The Labute approximate surface area is 161 Å². The van der Waals surface area contributed by atoms with Crippen molar-refractivity contribution in [3.05, 3.63) is 54.0 Å². The van der Waals surface area contributed by atoms with Gasteiger partial charge in [-0.1, -0.05) is 17.4 Å². The molecule has 8 heteroatoms. The molecule has 140 valence electrons. The number of methoxy groups -OCH3 is 2. The maximum Gasteiger partial charge on any atom is 0.271 e. The van der Waals surface area contributed by atoms with Crippen LogP contribution in [-0.2, 0) is 6.42 Å². The molecule has 0 aliphatic carbocycles. The lowest BCUT2D eigenvalue weighted by Crippen LogP contribution is -2.26. The molecular formula is C19H20N4O3S. The van der Waals surface area contributed by atoms with Crippen molar-refractivity contribution in [1.29, 1.82) is 0 Å². The number of pyridine rings is 1. The third-order valence-corrected chi connectivity index (χ3v) is 4.88. The van der Waals surface area contributed by atoms with E-state index in [-0.39, 0.29) is 5.91 Å². The summed E-state index contributed by atoms with van der Waals surface area (Å²) in [5.74, 6) is 1.08. The molecule has 2 heterocycles. The summed E-state index contributed by atoms with van der Waals surface area (Å²) in [6.07, 6.45) is 3.99. The van der Waals surface area contributed by atoms with Crippen LogP contribution in [0.25, 0.3) is 10.4 Å². The van der Waals surface area contributed by atoms with Gasteiger partial charge in [0, 0.05) is 18.9 Å². The number of aromatic nitrogens is 2. The third-order valence-electron chi connectivity index (χ3n) is 3.95. The predicted molar refractivity (Wildman–Crippen MR) is 105 cm³/mol. The van der Waals surface area contributed by atoms with E-state index in [1.54, 1.807) is 26.6 Å². The Balaban J connectivity index is 1.67. The molecule has 1 aromatic carbocycles. The highest BCUT2D eigenvalue weighted by atomic mass is 32.1. The molecule has 0 bridgehead atoms. The zero-order valence-corrected chi connectivity index (χ0v) is 15.9. The van der Waals surface area contributed by atoms with Gasteiger partial charge in [-0.3, -0.25) is 9.78 Å². The van der Waals surface area contributed by atoms with Gasteiger partial charge in [0.15, 0.2) is 16.6 Å². The fourth-order valence-electron chi connectivity index (χ4n) is 2.63. The number of hydrogen-bond donors (Lipinski definition) is 2. The van der Waals surface area contributed by atoms with Crippen molar-refractivity contribution < 1.29 is 14.3 Å². The third kappa shape index (κ3) is 4.35. The van der Waals surface area contributed by atoms with Crippen molar-refractivity contribution in [2.24, 2.45) is 0 Å². The average molecular weight is 384 g/mol. The van der Waals surface area contributed by atoms with Gasteiger partial charge in [0.05, 0.1) is 19.1 Å². The monoisotopic (exact) mass is 384 g/mol. The molecule has 0 radical (unpaired) electrons. The summed E-state index contributed by atoms with van der Waals surface area (Å²) in [6.45, 7) is 0.460. The molecule has 0 saturated carbocycles. The first kappa shape index (κ1) is 18.7. The Morgan fingerprint density at radius 2 is 1.89 bits per heavy atom. The van der Waals surface area contributed by atoms with Crippen LogP contribution in [-0.4, -0.2) is 36.6 Å². The van der Waals surface area contributed by atoms with Crippen molar-refractivity contribution in [3.63, 3.8) is 0 Å². The molecule has 2 aromatic heterocycles. The van der Waals surface area contributed by atoms with Crippen molar-refractivity contribution in [2.75, 3.05) is 26.5 Å². The smallest absolute Gasteiger partial charge is 0.271 e. The predicted octanol–water partition coefficient (Wildman–Crippen LogP) is 2.78. The van der Waals surface area contributed by atoms with E-state index in [4.69, 9.17) is 15.2 Å². The maximum absolute atomic E-state index is 12.6. The number of amides is 1. The quantitative estimate of drug-likeness (QED) is 0.650. The number of ether oxygens (including phenoxy) is 2. The van der Waals surface area contributed by atoms with Crippen LogP contribution in [0.15, 0.2) is 42.7 Å². The van der Waals surface area contributed by atoms with E-state index in [1.807, 2.05) is 30.3 Å². The Morgan fingerprint density at radius 1 is 1.15 bits per heavy atom. The van der Waals surface area contributed by atoms with Crippen molar-refractivity contribution in [3.8, 4) is 21.9 Å². The van der Waals surface area contributed by atoms with E-state index in [9.17, 15) is 4.79 Å². The summed E-state index contributed by atoms with van der Waals surface area (Å²) >= 11 is 1.28. The first-order chi connectivity index (χ1) is 13.1. The zero-order chi connectivity index (χ0) is 19.2. The minimum atomic E-state index is -0.254. The topological polar surface area (TPSA) is 99.4 Å². The summed E-state index contributed by atoms with van der Waals surface area (Å²) in [6, 6.07) is 9.34. The zero-order valence-electron chi connectivity index (χ0n) is 15.1. The molecule has 0 spiro atoms. The summed E-state index contributed by atoms with van der Waals surface area (Å²) in [5.41, 5.74) is 8.04. The molecule has 0 aliphatic heterocycles. The molecule has 0 saturated heterocycles. The lowest BCUT2D eigenvalue weighted by atomic mass is 10.1. The molecule has 0 atom stereocenters. The normalized spacial score (nSPS) is 10.4. The van der Waals surface area contributed by atoms with Gasteiger partial charge in [0.25, 0.3) is 5.91 Å². The van der Waals surface area contributed by atoms with Crippen molar-refractivity contribution in [1.82, 2.24) is 15.3 Å². The number of nitrogen functional groups attached to an aromatic ring is 1. The number of rotatable bonds is 7. The Bertz CT molecular complexity index is 928. The van der Waals surface area contributed by atoms with Gasteiger partial charge >= 0.3 is 0 Å². The van der Waals surface area contributed by atoms with Crippen LogP contribution in [0.5, 0.6) is 11.5 Å². The SMILES string of the molecule is COc1ccc(CCNC(=O)c2nc(N)sc2-c2ccncc2)cc1OC. The van der Waals surface area contributed by atoms with E-state index in [0.29, 0.717) is 35.3 Å². The van der Waals surface area contributed by atoms with E-state index < -0.39 is 0 Å². The van der Waals surface area contributed by atoms with E-state index in [1.165, 1.54) is 11.3 Å². The number of carbonyl (C=O) groups is 1. The fourth-order valence-corrected chi connectivity index (χ4v) is 3.46. The summed E-state index contributed by atoms with van der Waals surface area (Å²) in [5, 5.41) is 3.25. The molecule has 3 aromatic rings. The van der Waals surface area contributed by atoms with Gasteiger partial charge in [-0.15, -0.1) is 0 Å². The molecular weight excluding hydrogens is 364 g/mol. The Morgan fingerprint density at radius 3 is 2.59 bits per heavy atom. The number of anilines is 1. The Hall–Kier alpha value is -3.13. The summed E-state index contributed by atoms with van der Waals surface area (Å²) < 4.78 is 10.5. The van der Waals surface area contributed by atoms with E-state index in [2.05, 4.69) is 15.3 Å². The van der Waals surface area contributed by atoms with Gasteiger partial charge in [-0.2, -0.15) is 0 Å². The largest absolute Gasteiger partial charge is 0.493 e. The van der Waals surface area contributed by atoms with Gasteiger partial charge in [0.2, 0.25) is 0 Å². The van der Waals surface area contributed by atoms with Crippen LogP contribution in [0, 0.1) is 0 Å². The highest BCUT2D eigenvalue weighted by Crippen LogP contribution is 2.31. The van der Waals surface area contributed by atoms with Crippen LogP contribution < -0.4 is 20.5 Å². The maximum atomic E-state index is 12.6. The lowest BCUT2D eigenvalue weighted by Gasteiger charge is -2.10. The number of thiazole rings is 1. The van der Waals surface area contributed by atoms with E-state index in [0.717, 1.165) is 16.0 Å². The number of nitrogens with one attached hydrogen (secondary N) is 1. The second-order valence-electron chi connectivity index (χ2n) is 5.66. The first-order valence-corrected chi connectivity index (χ1v) is 9.10. The molecule has 0 unspecified atom stereocenters. The number of benzene rings is 1. The molecule has 7 nitrogen and oxygen atoms in total. The second-order valence-corrected chi connectivity index (χ2v) is 6.69. The van der Waals surface area contributed by atoms with Gasteiger partial charge < -0.3 is 20.5 Å². The fraction of sp³-hybridized carbons (Fsp3) is 0.211. The minimum absolute atomic E-state index is 0.254. The highest BCUT2D eigenvalue weighted by Gasteiger charge is 2.18. The number of nitrogens with two attached hydrogens (primary N) is 1. The number of carbonyl (C=O) groups excluding carboxylic acids is 1. The average Bonchev–Trinajstić information content (AvgIpc) is 3.10. The molecule has 27 heavy (non-hydrogen) atoms. The molecule has 0 aliphatic rings. The molecule has 1 amide bonds. The molecule has 3 N–H and O–H groups in total. The molecule has 3 rings (SSSR count). The second kappa shape index (κ2) is 8.50. The Kier molecular flexibility index (Phi) is 5.87. The first-order valence-electron chi connectivity index (χ1n) is 8.28. The lowest BCUT2D eigenvalue weighted by molar-refractivity contribution is 0.0950. The molecule has 0 fully saturated rings. The van der Waals surface area contributed by atoms with Gasteiger partial charge in [-0.25, -0.2) is 4.98 Å². The highest BCUT2D eigenvalue weighted by molar-refractivity contribution is 7.19. The standard InChI is InChI=1S/C19H20N4O3S/c1-25-14-4-3-12(11-15(14)26-2)5-10-22-18(24)16-17(27-19(20)23-16)13-6-8-21-9-7-13/h3-4,6-9,11H,5,10H2,1-2H3,(H2,20,23)(H,22,24).